The van der Waals surface area contributed by atoms with Crippen molar-refractivity contribution >= 4 is 29.1 Å². The van der Waals surface area contributed by atoms with Gasteiger partial charge < -0.3 is 15.4 Å². The molecule has 0 saturated heterocycles. The molecular formula is C17H21ClN4O2. The van der Waals surface area contributed by atoms with Crippen LogP contribution in [0.5, 0.6) is 5.75 Å². The number of carbonyl (C=O) groups is 1. The molecule has 0 unspecified atom stereocenters. The van der Waals surface area contributed by atoms with E-state index in [-0.39, 0.29) is 5.91 Å². The average Bonchev–Trinajstić information content (AvgIpc) is 2.59. The van der Waals surface area contributed by atoms with Crippen LogP contribution in [0, 0.1) is 0 Å². The Morgan fingerprint density at radius 1 is 1.25 bits per heavy atom. The Hall–Kier alpha value is -2.34. The fourth-order valence-electron chi connectivity index (χ4n) is 2.06. The number of halogens is 1. The summed E-state index contributed by atoms with van der Waals surface area (Å²) in [4.78, 5) is 20.5. The number of rotatable bonds is 8. The molecule has 7 heteroatoms. The summed E-state index contributed by atoms with van der Waals surface area (Å²) < 4.78 is 5.08. The Bertz CT molecular complexity index is 677. The molecule has 2 aromatic rings. The zero-order chi connectivity index (χ0) is 17.4. The normalized spacial score (nSPS) is 10.3. The maximum atomic E-state index is 12.2. The number of hydrogen-bond acceptors (Lipinski definition) is 5. The van der Waals surface area contributed by atoms with Crippen LogP contribution in [0.25, 0.3) is 0 Å². The summed E-state index contributed by atoms with van der Waals surface area (Å²) in [5, 5.41) is 6.31. The van der Waals surface area contributed by atoms with Gasteiger partial charge in [0.25, 0.3) is 5.91 Å². The van der Waals surface area contributed by atoms with Crippen molar-refractivity contribution < 1.29 is 9.53 Å². The zero-order valence-electron chi connectivity index (χ0n) is 13.8. The molecule has 2 N–H and O–H groups in total. The first-order chi connectivity index (χ1) is 11.6. The molecule has 2 rings (SSSR count). The van der Waals surface area contributed by atoms with E-state index in [1.54, 1.807) is 18.2 Å². The van der Waals surface area contributed by atoms with Crippen LogP contribution in [-0.4, -0.2) is 29.5 Å². The Balaban J connectivity index is 1.93. The van der Waals surface area contributed by atoms with Gasteiger partial charge in [0.05, 0.1) is 17.7 Å². The summed E-state index contributed by atoms with van der Waals surface area (Å²) >= 11 is 6.04. The highest BCUT2D eigenvalue weighted by Gasteiger charge is 2.09. The molecule has 0 spiro atoms. The van der Waals surface area contributed by atoms with E-state index in [1.165, 1.54) is 19.5 Å². The number of anilines is 2. The second-order valence-electron chi connectivity index (χ2n) is 5.23. The van der Waals surface area contributed by atoms with E-state index in [0.717, 1.165) is 25.8 Å². The first-order valence-corrected chi connectivity index (χ1v) is 8.22. The van der Waals surface area contributed by atoms with E-state index >= 15 is 0 Å². The summed E-state index contributed by atoms with van der Waals surface area (Å²) in [6, 6.07) is 5.04. The minimum atomic E-state index is -0.297. The number of nitrogens with one attached hydrogen (secondary N) is 2. The van der Waals surface area contributed by atoms with Gasteiger partial charge in [-0.3, -0.25) is 4.79 Å². The molecule has 24 heavy (non-hydrogen) atoms. The lowest BCUT2D eigenvalue weighted by atomic mass is 10.2. The Labute approximate surface area is 146 Å². The van der Waals surface area contributed by atoms with Gasteiger partial charge in [0, 0.05) is 24.6 Å². The van der Waals surface area contributed by atoms with Gasteiger partial charge in [0.15, 0.2) is 0 Å². The van der Waals surface area contributed by atoms with E-state index in [0.29, 0.717) is 28.0 Å². The molecule has 0 atom stereocenters. The fourth-order valence-corrected chi connectivity index (χ4v) is 2.32. The molecule has 128 valence electrons. The number of unbranched alkanes of at least 4 members (excludes halogenated alkanes) is 2. The Kier molecular flexibility index (Phi) is 6.81. The van der Waals surface area contributed by atoms with E-state index in [2.05, 4.69) is 27.5 Å². The van der Waals surface area contributed by atoms with Crippen LogP contribution in [-0.2, 0) is 0 Å². The lowest BCUT2D eigenvalue weighted by molar-refractivity contribution is 0.102. The Morgan fingerprint density at radius 3 is 2.62 bits per heavy atom. The highest BCUT2D eigenvalue weighted by Crippen LogP contribution is 2.27. The standard InChI is InChI=1S/C17H21ClN4O2/c1-3-4-5-8-19-17-20-10-12(11-21-17)16(23)22-13-6-7-15(24-2)14(18)9-13/h6-7,9-11H,3-5,8H2,1-2H3,(H,22,23)(H,19,20,21). The van der Waals surface area contributed by atoms with Crippen molar-refractivity contribution in [3.63, 3.8) is 0 Å². The summed E-state index contributed by atoms with van der Waals surface area (Å²) in [6.45, 7) is 2.98. The summed E-state index contributed by atoms with van der Waals surface area (Å²) in [5.74, 6) is 0.778. The molecule has 0 aliphatic rings. The highest BCUT2D eigenvalue weighted by atomic mass is 35.5. The molecule has 0 saturated carbocycles. The van der Waals surface area contributed by atoms with Crippen molar-refractivity contribution in [2.24, 2.45) is 0 Å². The molecule has 0 radical (unpaired) electrons. The van der Waals surface area contributed by atoms with E-state index < -0.39 is 0 Å². The third-order valence-corrected chi connectivity index (χ3v) is 3.68. The quantitative estimate of drug-likeness (QED) is 0.705. The van der Waals surface area contributed by atoms with Crippen molar-refractivity contribution in [2.75, 3.05) is 24.3 Å². The number of methoxy groups -OCH3 is 1. The van der Waals surface area contributed by atoms with Crippen molar-refractivity contribution in [1.82, 2.24) is 9.97 Å². The maximum Gasteiger partial charge on any atom is 0.258 e. The number of aromatic nitrogens is 2. The summed E-state index contributed by atoms with van der Waals surface area (Å²) in [6.07, 6.45) is 6.39. The van der Waals surface area contributed by atoms with Crippen LogP contribution in [0.15, 0.2) is 30.6 Å². The highest BCUT2D eigenvalue weighted by molar-refractivity contribution is 6.32. The minimum absolute atomic E-state index is 0.297. The van der Waals surface area contributed by atoms with Gasteiger partial charge in [0.1, 0.15) is 5.75 Å². The molecule has 0 aliphatic heterocycles. The van der Waals surface area contributed by atoms with Gasteiger partial charge >= 0.3 is 0 Å². The van der Waals surface area contributed by atoms with Gasteiger partial charge in [-0.1, -0.05) is 31.4 Å². The number of amides is 1. The van der Waals surface area contributed by atoms with Crippen LogP contribution in [0.3, 0.4) is 0 Å². The lowest BCUT2D eigenvalue weighted by Gasteiger charge is -2.08. The fraction of sp³-hybridized carbons (Fsp3) is 0.353. The number of hydrogen-bond donors (Lipinski definition) is 2. The van der Waals surface area contributed by atoms with E-state index in [1.807, 2.05) is 0 Å². The summed E-state index contributed by atoms with van der Waals surface area (Å²) in [7, 11) is 1.54. The van der Waals surface area contributed by atoms with Gasteiger partial charge in [-0.2, -0.15) is 0 Å². The number of ether oxygens (including phenoxy) is 1. The smallest absolute Gasteiger partial charge is 0.258 e. The van der Waals surface area contributed by atoms with E-state index in [4.69, 9.17) is 16.3 Å². The van der Waals surface area contributed by atoms with Gasteiger partial charge in [-0.15, -0.1) is 0 Å². The first-order valence-electron chi connectivity index (χ1n) is 7.85. The molecule has 1 aromatic heterocycles. The number of carbonyl (C=O) groups excluding carboxylic acids is 1. The molecule has 0 aliphatic carbocycles. The summed E-state index contributed by atoms with van der Waals surface area (Å²) in [5.41, 5.74) is 0.952. The average molecular weight is 349 g/mol. The van der Waals surface area contributed by atoms with Crippen molar-refractivity contribution in [2.45, 2.75) is 26.2 Å². The van der Waals surface area contributed by atoms with Crippen molar-refractivity contribution in [3.05, 3.63) is 41.2 Å². The number of nitrogens with zero attached hydrogens (tertiary/aromatic N) is 2. The van der Waals surface area contributed by atoms with Crippen molar-refractivity contribution in [1.29, 1.82) is 0 Å². The molecule has 1 aromatic carbocycles. The van der Waals surface area contributed by atoms with Crippen molar-refractivity contribution in [3.8, 4) is 5.75 Å². The topological polar surface area (TPSA) is 76.1 Å². The second-order valence-corrected chi connectivity index (χ2v) is 5.64. The maximum absolute atomic E-state index is 12.2. The van der Waals surface area contributed by atoms with E-state index in [9.17, 15) is 4.79 Å². The lowest BCUT2D eigenvalue weighted by Crippen LogP contribution is -2.13. The SMILES string of the molecule is CCCCCNc1ncc(C(=O)Nc2ccc(OC)c(Cl)c2)cn1. The Morgan fingerprint density at radius 2 is 2.00 bits per heavy atom. The van der Waals surface area contributed by atoms with Gasteiger partial charge in [0.2, 0.25) is 5.95 Å². The number of benzene rings is 1. The molecule has 6 nitrogen and oxygen atoms in total. The first kappa shape index (κ1) is 18.0. The van der Waals surface area contributed by atoms with Crippen LogP contribution in [0.2, 0.25) is 5.02 Å². The van der Waals surface area contributed by atoms with Crippen LogP contribution >= 0.6 is 11.6 Å². The predicted octanol–water partition coefficient (Wildman–Crippen LogP) is 3.99. The predicted molar refractivity (Wildman–Crippen MR) is 96.0 cm³/mol. The molecule has 0 bridgehead atoms. The molecular weight excluding hydrogens is 328 g/mol. The third-order valence-electron chi connectivity index (χ3n) is 3.39. The second kappa shape index (κ2) is 9.08. The zero-order valence-corrected chi connectivity index (χ0v) is 14.6. The van der Waals surface area contributed by atoms with Gasteiger partial charge in [-0.25, -0.2) is 9.97 Å². The van der Waals surface area contributed by atoms with Crippen LogP contribution < -0.4 is 15.4 Å². The monoisotopic (exact) mass is 348 g/mol. The third kappa shape index (κ3) is 5.09. The largest absolute Gasteiger partial charge is 0.495 e. The molecule has 1 heterocycles. The van der Waals surface area contributed by atoms with Crippen LogP contribution in [0.4, 0.5) is 11.6 Å². The van der Waals surface area contributed by atoms with Crippen LogP contribution in [0.1, 0.15) is 36.5 Å². The molecule has 1 amide bonds. The minimum Gasteiger partial charge on any atom is -0.495 e. The molecule has 0 fully saturated rings. The van der Waals surface area contributed by atoms with Gasteiger partial charge in [-0.05, 0) is 24.6 Å².